The van der Waals surface area contributed by atoms with Gasteiger partial charge in [0.15, 0.2) is 0 Å². The Hall–Kier alpha value is -3.77. The standard InChI is InChI=1S/C28H27N5O/c1-2-8-22(9-3-1)33-27-11-5-4-10-23(27)32-26-17-24(31-21-7-6-14-29-19-21)25(18-28(26)33)30-20-12-15-34-16-13-20/h1-11,14,18-20,24,31H,12-13,15-17H2. The monoisotopic (exact) mass is 449 g/mol. The average molecular weight is 450 g/mol. The minimum atomic E-state index is 0.0254. The number of hydrogen-bond acceptors (Lipinski definition) is 6. The number of aromatic nitrogens is 1. The Balaban J connectivity index is 1.46. The molecule has 1 atom stereocenters. The maximum absolute atomic E-state index is 5.58. The third-order valence-corrected chi connectivity index (χ3v) is 6.49. The lowest BCUT2D eigenvalue weighted by atomic mass is 9.91. The number of pyridine rings is 1. The minimum absolute atomic E-state index is 0.0254. The number of rotatable bonds is 4. The first-order chi connectivity index (χ1) is 16.8. The highest BCUT2D eigenvalue weighted by atomic mass is 16.5. The quantitative estimate of drug-likeness (QED) is 0.555. The molecule has 2 aromatic carbocycles. The molecule has 34 heavy (non-hydrogen) atoms. The van der Waals surface area contributed by atoms with E-state index >= 15 is 0 Å². The van der Waals surface area contributed by atoms with E-state index in [1.54, 1.807) is 6.20 Å². The lowest BCUT2D eigenvalue weighted by molar-refractivity contribution is 0.0871. The van der Waals surface area contributed by atoms with Crippen LogP contribution in [0.15, 0.2) is 101 Å². The van der Waals surface area contributed by atoms with Crippen molar-refractivity contribution in [2.75, 3.05) is 23.4 Å². The van der Waals surface area contributed by atoms with Gasteiger partial charge in [0, 0.05) is 37.7 Å². The van der Waals surface area contributed by atoms with Gasteiger partial charge in [0.25, 0.3) is 0 Å². The van der Waals surface area contributed by atoms with Gasteiger partial charge in [0.05, 0.1) is 46.3 Å². The first-order valence-corrected chi connectivity index (χ1v) is 11.9. The average Bonchev–Trinajstić information content (AvgIpc) is 2.89. The topological polar surface area (TPSA) is 62.1 Å². The molecule has 3 heterocycles. The number of nitrogens with one attached hydrogen (secondary N) is 1. The molecule has 6 rings (SSSR count). The Morgan fingerprint density at radius 1 is 0.941 bits per heavy atom. The number of allylic oxidation sites excluding steroid dienone is 1. The van der Waals surface area contributed by atoms with Gasteiger partial charge in [-0.2, -0.15) is 0 Å². The van der Waals surface area contributed by atoms with E-state index in [1.807, 2.05) is 24.4 Å². The molecule has 1 saturated heterocycles. The molecule has 0 saturated carbocycles. The molecule has 3 aliphatic rings. The summed E-state index contributed by atoms with van der Waals surface area (Å²) in [5, 5.41) is 3.66. The largest absolute Gasteiger partial charge is 0.381 e. The van der Waals surface area contributed by atoms with Crippen LogP contribution in [-0.2, 0) is 4.74 Å². The normalized spacial score (nSPS) is 21.4. The first-order valence-electron chi connectivity index (χ1n) is 11.9. The van der Waals surface area contributed by atoms with Crippen LogP contribution in [0.5, 0.6) is 0 Å². The van der Waals surface area contributed by atoms with Gasteiger partial charge in [-0.25, -0.2) is 4.99 Å². The van der Waals surface area contributed by atoms with E-state index < -0.39 is 0 Å². The van der Waals surface area contributed by atoms with Crippen LogP contribution >= 0.6 is 0 Å². The molecule has 0 amide bonds. The van der Waals surface area contributed by atoms with E-state index in [0.717, 1.165) is 72.3 Å². The van der Waals surface area contributed by atoms with Crippen molar-refractivity contribution in [1.29, 1.82) is 0 Å². The van der Waals surface area contributed by atoms with Gasteiger partial charge >= 0.3 is 0 Å². The number of para-hydroxylation sites is 3. The molecular formula is C28H27N5O. The summed E-state index contributed by atoms with van der Waals surface area (Å²) in [4.78, 5) is 16.9. The van der Waals surface area contributed by atoms with Crippen LogP contribution in [0, 0.1) is 0 Å². The predicted molar refractivity (Wildman–Crippen MR) is 138 cm³/mol. The predicted octanol–water partition coefficient (Wildman–Crippen LogP) is 5.69. The van der Waals surface area contributed by atoms with E-state index in [-0.39, 0.29) is 12.1 Å². The first kappa shape index (κ1) is 20.8. The van der Waals surface area contributed by atoms with Crippen molar-refractivity contribution in [3.05, 3.63) is 90.9 Å². The fourth-order valence-corrected chi connectivity index (χ4v) is 4.83. The second kappa shape index (κ2) is 9.23. The molecule has 6 nitrogen and oxygen atoms in total. The fraction of sp³-hybridized carbons (Fsp3) is 0.250. The Morgan fingerprint density at radius 3 is 2.59 bits per heavy atom. The van der Waals surface area contributed by atoms with Gasteiger partial charge in [-0.05, 0) is 55.3 Å². The molecule has 1 unspecified atom stereocenters. The van der Waals surface area contributed by atoms with Crippen LogP contribution in [0.1, 0.15) is 19.3 Å². The van der Waals surface area contributed by atoms with Crippen LogP contribution < -0.4 is 10.2 Å². The number of aliphatic imine (C=N–C) groups is 2. The maximum atomic E-state index is 5.58. The number of ether oxygens (including phenoxy) is 1. The van der Waals surface area contributed by atoms with Crippen molar-refractivity contribution in [3.63, 3.8) is 0 Å². The zero-order valence-corrected chi connectivity index (χ0v) is 19.0. The van der Waals surface area contributed by atoms with Crippen LogP contribution in [-0.4, -0.2) is 41.7 Å². The molecule has 170 valence electrons. The number of anilines is 3. The number of nitrogens with zero attached hydrogens (tertiary/aromatic N) is 4. The summed E-state index contributed by atoms with van der Waals surface area (Å²) in [5.74, 6) is 0. The van der Waals surface area contributed by atoms with Gasteiger partial charge in [-0.3, -0.25) is 9.98 Å². The molecule has 1 fully saturated rings. The highest BCUT2D eigenvalue weighted by Crippen LogP contribution is 2.43. The Labute approximate surface area is 199 Å². The number of fused-ring (bicyclic) bond motifs is 2. The van der Waals surface area contributed by atoms with E-state index in [9.17, 15) is 0 Å². The molecule has 0 radical (unpaired) electrons. The third kappa shape index (κ3) is 4.13. The summed E-state index contributed by atoms with van der Waals surface area (Å²) in [5.41, 5.74) is 7.41. The third-order valence-electron chi connectivity index (χ3n) is 6.49. The van der Waals surface area contributed by atoms with Crippen LogP contribution in [0.2, 0.25) is 0 Å². The van der Waals surface area contributed by atoms with Crippen molar-refractivity contribution in [2.45, 2.75) is 31.3 Å². The van der Waals surface area contributed by atoms with E-state index in [2.05, 4.69) is 69.8 Å². The summed E-state index contributed by atoms with van der Waals surface area (Å²) >= 11 is 0. The maximum Gasteiger partial charge on any atom is 0.0874 e. The van der Waals surface area contributed by atoms with Crippen LogP contribution in [0.25, 0.3) is 0 Å². The summed E-state index contributed by atoms with van der Waals surface area (Å²) in [7, 11) is 0. The van der Waals surface area contributed by atoms with Gasteiger partial charge in [-0.15, -0.1) is 0 Å². The van der Waals surface area contributed by atoms with Crippen molar-refractivity contribution < 1.29 is 4.74 Å². The number of benzene rings is 2. The zero-order chi connectivity index (χ0) is 22.7. The molecular weight excluding hydrogens is 422 g/mol. The van der Waals surface area contributed by atoms with Crippen molar-refractivity contribution >= 4 is 34.2 Å². The summed E-state index contributed by atoms with van der Waals surface area (Å²) in [6, 6.07) is 23.2. The molecule has 1 aromatic heterocycles. The molecule has 1 aliphatic carbocycles. The van der Waals surface area contributed by atoms with Gasteiger partial charge in [0.2, 0.25) is 0 Å². The summed E-state index contributed by atoms with van der Waals surface area (Å²) in [6.07, 6.45) is 8.55. The van der Waals surface area contributed by atoms with Crippen LogP contribution in [0.3, 0.4) is 0 Å². The smallest absolute Gasteiger partial charge is 0.0874 e. The van der Waals surface area contributed by atoms with E-state index in [4.69, 9.17) is 14.7 Å². The van der Waals surface area contributed by atoms with Gasteiger partial charge < -0.3 is 15.0 Å². The van der Waals surface area contributed by atoms with E-state index in [0.29, 0.717) is 0 Å². The van der Waals surface area contributed by atoms with Crippen LogP contribution in [0.4, 0.5) is 22.7 Å². The molecule has 2 aliphatic heterocycles. The highest BCUT2D eigenvalue weighted by molar-refractivity contribution is 6.20. The Morgan fingerprint density at radius 2 is 1.76 bits per heavy atom. The van der Waals surface area contributed by atoms with Crippen molar-refractivity contribution in [2.24, 2.45) is 9.98 Å². The molecule has 3 aromatic rings. The van der Waals surface area contributed by atoms with Crippen molar-refractivity contribution in [1.82, 2.24) is 4.98 Å². The number of hydrogen-bond donors (Lipinski definition) is 1. The lowest BCUT2D eigenvalue weighted by Gasteiger charge is -2.37. The Kier molecular flexibility index (Phi) is 5.65. The van der Waals surface area contributed by atoms with Gasteiger partial charge in [-0.1, -0.05) is 30.3 Å². The van der Waals surface area contributed by atoms with Gasteiger partial charge in [0.1, 0.15) is 0 Å². The van der Waals surface area contributed by atoms with Crippen molar-refractivity contribution in [3.8, 4) is 0 Å². The second-order valence-electron chi connectivity index (χ2n) is 8.79. The highest BCUT2D eigenvalue weighted by Gasteiger charge is 2.34. The summed E-state index contributed by atoms with van der Waals surface area (Å²) in [6.45, 7) is 1.55. The fourth-order valence-electron chi connectivity index (χ4n) is 4.83. The zero-order valence-electron chi connectivity index (χ0n) is 19.0. The molecule has 0 spiro atoms. The molecule has 6 heteroatoms. The molecule has 0 bridgehead atoms. The Bertz CT molecular complexity index is 1250. The second-order valence-corrected chi connectivity index (χ2v) is 8.79. The summed E-state index contributed by atoms with van der Waals surface area (Å²) < 4.78 is 5.58. The lowest BCUT2D eigenvalue weighted by Crippen LogP contribution is -2.41. The SMILES string of the molecule is C1=C2C(=Nc3ccccc3N2c2ccccc2)CC(Nc2cccnc2)C1=NC1CCOCC1. The minimum Gasteiger partial charge on any atom is -0.381 e. The molecule has 1 N–H and O–H groups in total. The van der Waals surface area contributed by atoms with E-state index in [1.165, 1.54) is 0 Å².